The van der Waals surface area contributed by atoms with Crippen LogP contribution in [0.25, 0.3) is 0 Å². The average Bonchev–Trinajstić information content (AvgIpc) is 2.87. The normalized spacial score (nSPS) is 23.5. The van der Waals surface area contributed by atoms with Gasteiger partial charge < -0.3 is 14.9 Å². The monoisotopic (exact) mass is 274 g/mol. The molecule has 0 radical (unpaired) electrons. The summed E-state index contributed by atoms with van der Waals surface area (Å²) in [6.07, 6.45) is -0.417. The number of hydrogen-bond acceptors (Lipinski definition) is 6. The molecule has 2 atom stereocenters. The third-order valence-corrected chi connectivity index (χ3v) is 3.49. The molecule has 2 N–H and O–H groups in total. The summed E-state index contributed by atoms with van der Waals surface area (Å²) in [7, 11) is 1.64. The summed E-state index contributed by atoms with van der Waals surface area (Å²) in [5, 5.41) is 19.7. The van der Waals surface area contributed by atoms with Gasteiger partial charge in [-0.25, -0.2) is 4.98 Å². The van der Waals surface area contributed by atoms with Crippen LogP contribution in [0.2, 0.25) is 0 Å². The molecular formula is C11H18N2O4S. The first kappa shape index (κ1) is 15.0. The van der Waals surface area contributed by atoms with Gasteiger partial charge in [0, 0.05) is 32.1 Å². The van der Waals surface area contributed by atoms with Gasteiger partial charge in [-0.1, -0.05) is 0 Å². The van der Waals surface area contributed by atoms with Gasteiger partial charge in [-0.3, -0.25) is 9.69 Å². The molecule has 0 saturated carbocycles. The second-order valence-corrected chi connectivity index (χ2v) is 5.06. The Bertz CT molecular complexity index is 372. The lowest BCUT2D eigenvalue weighted by Gasteiger charge is -2.12. The number of methoxy groups -OCH3 is 1. The van der Waals surface area contributed by atoms with E-state index >= 15 is 0 Å². The van der Waals surface area contributed by atoms with Gasteiger partial charge in [0.1, 0.15) is 0 Å². The van der Waals surface area contributed by atoms with E-state index in [4.69, 9.17) is 14.6 Å². The summed E-state index contributed by atoms with van der Waals surface area (Å²) in [5.41, 5.74) is 1.08. The predicted octanol–water partition coefficient (Wildman–Crippen LogP) is 0.344. The first-order valence-electron chi connectivity index (χ1n) is 5.52. The lowest BCUT2D eigenvalue weighted by atomic mass is 10.3. The van der Waals surface area contributed by atoms with Gasteiger partial charge in [0.2, 0.25) is 0 Å². The Morgan fingerprint density at radius 3 is 2.78 bits per heavy atom. The molecule has 0 spiro atoms. The van der Waals surface area contributed by atoms with Crippen molar-refractivity contribution in [3.8, 4) is 0 Å². The third-order valence-electron chi connectivity index (χ3n) is 2.67. The molecule has 6 nitrogen and oxygen atoms in total. The van der Waals surface area contributed by atoms with Crippen LogP contribution in [0.5, 0.6) is 0 Å². The van der Waals surface area contributed by atoms with E-state index in [1.54, 1.807) is 18.4 Å². The molecule has 0 aliphatic carbocycles. The lowest BCUT2D eigenvalue weighted by Crippen LogP contribution is -2.25. The number of nitrogens with zero attached hydrogens (tertiary/aromatic N) is 2. The van der Waals surface area contributed by atoms with Crippen molar-refractivity contribution in [2.75, 3.05) is 20.2 Å². The molecule has 1 aromatic heterocycles. The average molecular weight is 274 g/mol. The van der Waals surface area contributed by atoms with E-state index in [0.29, 0.717) is 6.54 Å². The van der Waals surface area contributed by atoms with Crippen molar-refractivity contribution >= 4 is 17.8 Å². The Kier molecular flexibility index (Phi) is 6.20. The highest BCUT2D eigenvalue weighted by Gasteiger charge is 2.31. The number of likely N-dealkylation sites (tertiary alicyclic amines) is 1. The maximum Gasteiger partial charge on any atom is 0.290 e. The molecule has 18 heavy (non-hydrogen) atoms. The lowest BCUT2D eigenvalue weighted by molar-refractivity contribution is -0.122. The number of carboxylic acid groups (broad SMARTS) is 1. The summed E-state index contributed by atoms with van der Waals surface area (Å²) in [6, 6.07) is 0. The van der Waals surface area contributed by atoms with E-state index in [1.807, 2.05) is 6.92 Å². The Morgan fingerprint density at radius 2 is 2.33 bits per heavy atom. The van der Waals surface area contributed by atoms with Gasteiger partial charge >= 0.3 is 0 Å². The number of carbonyl (C=O) groups is 1. The molecule has 1 aliphatic rings. The first-order valence-corrected chi connectivity index (χ1v) is 6.40. The van der Waals surface area contributed by atoms with Crippen LogP contribution in [0.4, 0.5) is 0 Å². The summed E-state index contributed by atoms with van der Waals surface area (Å²) in [6.45, 7) is 4.02. The van der Waals surface area contributed by atoms with E-state index < -0.39 is 0 Å². The van der Waals surface area contributed by atoms with Crippen LogP contribution in [-0.2, 0) is 16.1 Å². The predicted molar refractivity (Wildman–Crippen MR) is 67.6 cm³/mol. The Labute approximate surface area is 110 Å². The zero-order chi connectivity index (χ0) is 13.5. The number of ether oxygens (including phenoxy) is 1. The number of aryl methyl sites for hydroxylation is 1. The van der Waals surface area contributed by atoms with Gasteiger partial charge in [0.15, 0.2) is 0 Å². The fourth-order valence-electron chi connectivity index (χ4n) is 1.90. The number of aliphatic hydroxyl groups excluding tert-OH is 1. The number of aromatic nitrogens is 1. The molecule has 0 bridgehead atoms. The zero-order valence-corrected chi connectivity index (χ0v) is 11.3. The molecule has 102 valence electrons. The standard InChI is InChI=1S/C10H16N2O2S.CH2O2/c1-7-11-8(6-15-7)3-12-4-9(13)10(5-12)14-2;2-1-3/h6,9-10,13H,3-5H2,1-2H3;1H,(H,2,3)/t9-,10-;/m0./s1. The van der Waals surface area contributed by atoms with E-state index in [0.717, 1.165) is 23.8 Å². The quantitative estimate of drug-likeness (QED) is 0.774. The third kappa shape index (κ3) is 4.34. The first-order chi connectivity index (χ1) is 8.60. The number of β-amino-alcohol motifs (C(OH)–C–C–N with tert-alkyl or cyclic N) is 1. The SMILES string of the molecule is CO[C@H]1CN(Cc2csc(C)n2)C[C@@H]1O.O=CO. The Balaban J connectivity index is 0.000000492. The van der Waals surface area contributed by atoms with Gasteiger partial charge in [-0.15, -0.1) is 11.3 Å². The zero-order valence-electron chi connectivity index (χ0n) is 10.4. The molecule has 0 aromatic carbocycles. The molecule has 2 rings (SSSR count). The smallest absolute Gasteiger partial charge is 0.290 e. The number of aliphatic hydroxyl groups is 1. The van der Waals surface area contributed by atoms with Crippen LogP contribution in [-0.4, -0.2) is 59.0 Å². The highest BCUT2D eigenvalue weighted by atomic mass is 32.1. The van der Waals surface area contributed by atoms with Gasteiger partial charge in [-0.2, -0.15) is 0 Å². The fourth-order valence-corrected chi connectivity index (χ4v) is 2.51. The largest absolute Gasteiger partial charge is 0.483 e. The van der Waals surface area contributed by atoms with Crippen molar-refractivity contribution < 1.29 is 19.7 Å². The summed E-state index contributed by atoms with van der Waals surface area (Å²) >= 11 is 1.66. The van der Waals surface area contributed by atoms with E-state index in [1.165, 1.54) is 0 Å². The molecule has 2 heterocycles. The van der Waals surface area contributed by atoms with E-state index in [-0.39, 0.29) is 18.7 Å². The molecule has 0 unspecified atom stereocenters. The number of hydrogen-bond donors (Lipinski definition) is 2. The minimum atomic E-state index is -0.366. The van der Waals surface area contributed by atoms with Crippen molar-refractivity contribution in [1.29, 1.82) is 0 Å². The molecule has 1 aliphatic heterocycles. The van der Waals surface area contributed by atoms with Crippen LogP contribution in [0.15, 0.2) is 5.38 Å². The molecule has 1 fully saturated rings. The van der Waals surface area contributed by atoms with Gasteiger partial charge in [-0.05, 0) is 6.92 Å². The van der Waals surface area contributed by atoms with Crippen LogP contribution in [0.1, 0.15) is 10.7 Å². The van der Waals surface area contributed by atoms with Gasteiger partial charge in [0.25, 0.3) is 6.47 Å². The topological polar surface area (TPSA) is 82.9 Å². The molecule has 0 amide bonds. The minimum absolute atomic E-state index is 0.0512. The summed E-state index contributed by atoms with van der Waals surface area (Å²) < 4.78 is 5.19. The van der Waals surface area contributed by atoms with Crippen molar-refractivity contribution in [3.05, 3.63) is 16.1 Å². The van der Waals surface area contributed by atoms with Crippen molar-refractivity contribution in [1.82, 2.24) is 9.88 Å². The van der Waals surface area contributed by atoms with Crippen molar-refractivity contribution in [2.45, 2.75) is 25.7 Å². The Morgan fingerprint density at radius 1 is 1.67 bits per heavy atom. The van der Waals surface area contributed by atoms with Crippen molar-refractivity contribution in [2.24, 2.45) is 0 Å². The maximum absolute atomic E-state index is 9.66. The molecule has 1 aromatic rings. The van der Waals surface area contributed by atoms with E-state index in [9.17, 15) is 5.11 Å². The van der Waals surface area contributed by atoms with E-state index in [2.05, 4.69) is 15.3 Å². The number of rotatable bonds is 3. The van der Waals surface area contributed by atoms with Crippen LogP contribution in [0, 0.1) is 6.92 Å². The molecule has 7 heteroatoms. The van der Waals surface area contributed by atoms with Crippen LogP contribution >= 0.6 is 11.3 Å². The Hall–Kier alpha value is -1.02. The fraction of sp³-hybridized carbons (Fsp3) is 0.636. The second kappa shape index (κ2) is 7.42. The van der Waals surface area contributed by atoms with Crippen LogP contribution in [0.3, 0.4) is 0 Å². The highest BCUT2D eigenvalue weighted by molar-refractivity contribution is 7.09. The molecule has 1 saturated heterocycles. The minimum Gasteiger partial charge on any atom is -0.483 e. The summed E-state index contributed by atoms with van der Waals surface area (Å²) in [5.74, 6) is 0. The second-order valence-electron chi connectivity index (χ2n) is 4.00. The van der Waals surface area contributed by atoms with Crippen LogP contribution < -0.4 is 0 Å². The highest BCUT2D eigenvalue weighted by Crippen LogP contribution is 2.17. The van der Waals surface area contributed by atoms with Gasteiger partial charge in [0.05, 0.1) is 22.9 Å². The molecular weight excluding hydrogens is 256 g/mol. The number of thiazole rings is 1. The summed E-state index contributed by atoms with van der Waals surface area (Å²) in [4.78, 5) is 14.9. The van der Waals surface area contributed by atoms with Crippen molar-refractivity contribution in [3.63, 3.8) is 0 Å². The maximum atomic E-state index is 9.66.